The summed E-state index contributed by atoms with van der Waals surface area (Å²) in [6.07, 6.45) is 1.90. The Morgan fingerprint density at radius 2 is 2.07 bits per heavy atom. The van der Waals surface area contributed by atoms with Gasteiger partial charge in [-0.25, -0.2) is 0 Å². The van der Waals surface area contributed by atoms with Crippen LogP contribution in [0, 0.1) is 25.2 Å². The van der Waals surface area contributed by atoms with Gasteiger partial charge in [-0.2, -0.15) is 5.26 Å². The van der Waals surface area contributed by atoms with Crippen LogP contribution in [0.1, 0.15) is 35.2 Å². The van der Waals surface area contributed by atoms with Gasteiger partial charge in [-0.3, -0.25) is 9.69 Å². The molecule has 2 aromatic rings. The van der Waals surface area contributed by atoms with Crippen molar-refractivity contribution in [2.45, 2.75) is 39.3 Å². The van der Waals surface area contributed by atoms with Gasteiger partial charge in [-0.15, -0.1) is 0 Å². The number of nitrogens with zero attached hydrogens (tertiary/aromatic N) is 3. The molecular formula is C21H26N4O2. The largest absolute Gasteiger partial charge is 0.395 e. The maximum Gasteiger partial charge on any atom is 0.239 e. The van der Waals surface area contributed by atoms with E-state index in [4.69, 9.17) is 0 Å². The molecule has 1 amide bonds. The van der Waals surface area contributed by atoms with Crippen molar-refractivity contribution in [1.82, 2.24) is 9.47 Å². The summed E-state index contributed by atoms with van der Waals surface area (Å²) >= 11 is 0. The lowest BCUT2D eigenvalue weighted by molar-refractivity contribution is -0.117. The highest BCUT2D eigenvalue weighted by atomic mass is 16.3. The SMILES string of the molecule is Cc1c(C#N)c(NC(=O)CN2CCC[C@H]2CO)n(Cc2ccccc2)c1C. The highest BCUT2D eigenvalue weighted by Crippen LogP contribution is 2.27. The number of aliphatic hydroxyl groups excluding tert-OH is 1. The minimum atomic E-state index is -0.154. The first-order valence-corrected chi connectivity index (χ1v) is 9.33. The molecule has 2 N–H and O–H groups in total. The predicted octanol–water partition coefficient (Wildman–Crippen LogP) is 2.42. The smallest absolute Gasteiger partial charge is 0.239 e. The van der Waals surface area contributed by atoms with Crippen LogP contribution in [-0.4, -0.2) is 46.2 Å². The van der Waals surface area contributed by atoms with Gasteiger partial charge in [0, 0.05) is 18.3 Å². The van der Waals surface area contributed by atoms with E-state index in [-0.39, 0.29) is 25.1 Å². The van der Waals surface area contributed by atoms with Gasteiger partial charge in [0.2, 0.25) is 5.91 Å². The first-order chi connectivity index (χ1) is 13.0. The molecule has 0 bridgehead atoms. The third-order valence-electron chi connectivity index (χ3n) is 5.44. The molecule has 1 aromatic heterocycles. The average molecular weight is 366 g/mol. The van der Waals surface area contributed by atoms with Gasteiger partial charge in [0.15, 0.2) is 0 Å². The third kappa shape index (κ3) is 4.05. The van der Waals surface area contributed by atoms with E-state index in [1.807, 2.05) is 53.6 Å². The minimum absolute atomic E-state index is 0.0470. The molecule has 6 heteroatoms. The van der Waals surface area contributed by atoms with Gasteiger partial charge >= 0.3 is 0 Å². The number of anilines is 1. The van der Waals surface area contributed by atoms with Crippen LogP contribution in [0.15, 0.2) is 30.3 Å². The first kappa shape index (κ1) is 19.2. The van der Waals surface area contributed by atoms with Crippen molar-refractivity contribution in [1.29, 1.82) is 5.26 Å². The maximum atomic E-state index is 12.7. The second kappa shape index (κ2) is 8.38. The van der Waals surface area contributed by atoms with Crippen molar-refractivity contribution in [3.63, 3.8) is 0 Å². The van der Waals surface area contributed by atoms with Crippen LogP contribution in [0.5, 0.6) is 0 Å². The summed E-state index contributed by atoms with van der Waals surface area (Å²) in [5, 5.41) is 22.0. The van der Waals surface area contributed by atoms with Gasteiger partial charge in [0.05, 0.1) is 18.7 Å². The van der Waals surface area contributed by atoms with Crippen molar-refractivity contribution < 1.29 is 9.90 Å². The third-order valence-corrected chi connectivity index (χ3v) is 5.44. The Balaban J connectivity index is 1.84. The fourth-order valence-corrected chi connectivity index (χ4v) is 3.76. The maximum absolute atomic E-state index is 12.7. The number of nitrogens with one attached hydrogen (secondary N) is 1. The molecule has 142 valence electrons. The van der Waals surface area contributed by atoms with E-state index in [1.165, 1.54) is 0 Å². The zero-order valence-corrected chi connectivity index (χ0v) is 15.9. The summed E-state index contributed by atoms with van der Waals surface area (Å²) in [4.78, 5) is 14.7. The van der Waals surface area contributed by atoms with Crippen LogP contribution in [0.4, 0.5) is 5.82 Å². The monoisotopic (exact) mass is 366 g/mol. The van der Waals surface area contributed by atoms with Crippen molar-refractivity contribution in [2.75, 3.05) is 25.0 Å². The van der Waals surface area contributed by atoms with Crippen molar-refractivity contribution >= 4 is 11.7 Å². The first-order valence-electron chi connectivity index (χ1n) is 9.33. The molecule has 2 heterocycles. The number of carbonyl (C=O) groups excluding carboxylic acids is 1. The number of nitriles is 1. The molecule has 0 saturated carbocycles. The lowest BCUT2D eigenvalue weighted by atomic mass is 10.2. The predicted molar refractivity (Wildman–Crippen MR) is 104 cm³/mol. The van der Waals surface area contributed by atoms with E-state index in [1.54, 1.807) is 0 Å². The van der Waals surface area contributed by atoms with E-state index in [9.17, 15) is 15.2 Å². The fraction of sp³-hybridized carbons (Fsp3) is 0.429. The Labute approximate surface area is 160 Å². The number of rotatable bonds is 6. The van der Waals surface area contributed by atoms with Crippen LogP contribution in [0.2, 0.25) is 0 Å². The van der Waals surface area contributed by atoms with Gasteiger partial charge < -0.3 is 15.0 Å². The molecule has 1 aliphatic heterocycles. The van der Waals surface area contributed by atoms with E-state index in [2.05, 4.69) is 11.4 Å². The van der Waals surface area contributed by atoms with Gasteiger partial charge in [0.1, 0.15) is 11.9 Å². The molecule has 1 atom stereocenters. The normalized spacial score (nSPS) is 17.0. The van der Waals surface area contributed by atoms with Gasteiger partial charge in [0.25, 0.3) is 0 Å². The zero-order valence-electron chi connectivity index (χ0n) is 15.9. The van der Waals surface area contributed by atoms with Crippen LogP contribution in [0.3, 0.4) is 0 Å². The minimum Gasteiger partial charge on any atom is -0.395 e. The Morgan fingerprint density at radius 1 is 1.33 bits per heavy atom. The number of aromatic nitrogens is 1. The van der Waals surface area contributed by atoms with Crippen LogP contribution < -0.4 is 5.32 Å². The number of carbonyl (C=O) groups is 1. The Kier molecular flexibility index (Phi) is 5.94. The fourth-order valence-electron chi connectivity index (χ4n) is 3.76. The second-order valence-electron chi connectivity index (χ2n) is 7.11. The van der Waals surface area contributed by atoms with Gasteiger partial charge in [-0.05, 0) is 44.4 Å². The Hall–Kier alpha value is -2.62. The van der Waals surface area contributed by atoms with Gasteiger partial charge in [-0.1, -0.05) is 30.3 Å². The number of hydrogen-bond acceptors (Lipinski definition) is 4. The lowest BCUT2D eigenvalue weighted by Crippen LogP contribution is -2.38. The van der Waals surface area contributed by atoms with Crippen molar-refractivity contribution in [3.8, 4) is 6.07 Å². The van der Waals surface area contributed by atoms with Crippen LogP contribution in [0.25, 0.3) is 0 Å². The van der Waals surface area contributed by atoms with Crippen molar-refractivity contribution in [2.24, 2.45) is 0 Å². The summed E-state index contributed by atoms with van der Waals surface area (Å²) in [5.41, 5.74) is 3.48. The number of likely N-dealkylation sites (tertiary alicyclic amines) is 1. The molecule has 0 aliphatic carbocycles. The van der Waals surface area contributed by atoms with Crippen LogP contribution in [-0.2, 0) is 11.3 Å². The average Bonchev–Trinajstić information content (AvgIpc) is 3.20. The number of amides is 1. The summed E-state index contributed by atoms with van der Waals surface area (Å²) < 4.78 is 1.99. The number of hydrogen-bond donors (Lipinski definition) is 2. The topological polar surface area (TPSA) is 81.3 Å². The van der Waals surface area contributed by atoms with E-state index >= 15 is 0 Å². The molecule has 1 aliphatic rings. The number of benzene rings is 1. The second-order valence-corrected chi connectivity index (χ2v) is 7.11. The summed E-state index contributed by atoms with van der Waals surface area (Å²) in [6, 6.07) is 12.3. The molecule has 6 nitrogen and oxygen atoms in total. The summed E-state index contributed by atoms with van der Waals surface area (Å²) in [7, 11) is 0. The van der Waals surface area contributed by atoms with E-state index in [0.717, 1.165) is 36.2 Å². The molecule has 0 unspecified atom stereocenters. The number of aliphatic hydroxyl groups is 1. The van der Waals surface area contributed by atoms with E-state index in [0.29, 0.717) is 17.9 Å². The molecule has 3 rings (SSSR count). The molecule has 0 spiro atoms. The summed E-state index contributed by atoms with van der Waals surface area (Å²) in [6.45, 7) is 5.58. The molecule has 1 saturated heterocycles. The standard InChI is InChI=1S/C21H26N4O2/c1-15-16(2)25(12-17-7-4-3-5-8-17)21(19(15)11-22)23-20(27)13-24-10-6-9-18(24)14-26/h3-5,7-8,18,26H,6,9-10,12-14H2,1-2H3,(H,23,27)/t18-/m0/s1. The molecule has 27 heavy (non-hydrogen) atoms. The highest BCUT2D eigenvalue weighted by molar-refractivity contribution is 5.93. The van der Waals surface area contributed by atoms with E-state index < -0.39 is 0 Å². The highest BCUT2D eigenvalue weighted by Gasteiger charge is 2.26. The Bertz CT molecular complexity index is 851. The molecule has 1 aromatic carbocycles. The Morgan fingerprint density at radius 3 is 2.74 bits per heavy atom. The zero-order chi connectivity index (χ0) is 19.4. The molecule has 1 fully saturated rings. The van der Waals surface area contributed by atoms with Crippen molar-refractivity contribution in [3.05, 3.63) is 52.7 Å². The van der Waals surface area contributed by atoms with Crippen LogP contribution >= 0.6 is 0 Å². The molecule has 0 radical (unpaired) electrons. The summed E-state index contributed by atoms with van der Waals surface area (Å²) in [5.74, 6) is 0.403. The molecular weight excluding hydrogens is 340 g/mol. The lowest BCUT2D eigenvalue weighted by Gasteiger charge is -2.22. The quantitative estimate of drug-likeness (QED) is 0.823.